The molecule has 0 bridgehead atoms. The van der Waals surface area contributed by atoms with Gasteiger partial charge in [0.05, 0.1) is 55.2 Å². The van der Waals surface area contributed by atoms with Crippen LogP contribution in [0.5, 0.6) is 11.5 Å². The number of nitrogens with one attached hydrogen (secondary N) is 2. The number of halogens is 1. The van der Waals surface area contributed by atoms with E-state index in [9.17, 15) is 9.59 Å². The molecule has 1 aliphatic heterocycles. The second kappa shape index (κ2) is 10.9. The Morgan fingerprint density at radius 1 is 1.29 bits per heavy atom. The van der Waals surface area contributed by atoms with Gasteiger partial charge in [0.2, 0.25) is 5.91 Å². The van der Waals surface area contributed by atoms with Crippen LogP contribution in [0.2, 0.25) is 5.02 Å². The summed E-state index contributed by atoms with van der Waals surface area (Å²) >= 11 is 7.28. The summed E-state index contributed by atoms with van der Waals surface area (Å²) < 4.78 is 15.8. The number of thioether (sulfide) groups is 1. The average Bonchev–Trinajstić information content (AvgIpc) is 2.76. The van der Waals surface area contributed by atoms with Gasteiger partial charge < -0.3 is 24.5 Å². The molecular formula is C20H25ClN4O5S. The number of anilines is 1. The molecule has 0 aliphatic carbocycles. The summed E-state index contributed by atoms with van der Waals surface area (Å²) in [6, 6.07) is 3.16. The van der Waals surface area contributed by atoms with Crippen LogP contribution < -0.4 is 20.3 Å². The highest BCUT2D eigenvalue weighted by molar-refractivity contribution is 7.99. The highest BCUT2D eigenvalue weighted by Gasteiger charge is 2.17. The zero-order valence-corrected chi connectivity index (χ0v) is 19.2. The van der Waals surface area contributed by atoms with Crippen molar-refractivity contribution in [2.45, 2.75) is 18.6 Å². The van der Waals surface area contributed by atoms with Gasteiger partial charge in [0.15, 0.2) is 5.16 Å². The van der Waals surface area contributed by atoms with Gasteiger partial charge in [-0.2, -0.15) is 0 Å². The first-order chi connectivity index (χ1) is 14.9. The van der Waals surface area contributed by atoms with Crippen LogP contribution in [0.25, 0.3) is 0 Å². The minimum absolute atomic E-state index is 0.0536. The van der Waals surface area contributed by atoms with E-state index in [1.165, 1.54) is 14.2 Å². The molecule has 2 aromatic rings. The van der Waals surface area contributed by atoms with Gasteiger partial charge in [-0.3, -0.25) is 14.5 Å². The lowest BCUT2D eigenvalue weighted by molar-refractivity contribution is -0.113. The van der Waals surface area contributed by atoms with Crippen molar-refractivity contribution < 1.29 is 19.0 Å². The van der Waals surface area contributed by atoms with E-state index >= 15 is 0 Å². The Morgan fingerprint density at radius 3 is 2.65 bits per heavy atom. The number of rotatable bonds is 8. The molecule has 1 fully saturated rings. The second-order valence-corrected chi connectivity index (χ2v) is 8.22. The van der Waals surface area contributed by atoms with Crippen LogP contribution in [0.3, 0.4) is 0 Å². The Morgan fingerprint density at radius 2 is 2.00 bits per heavy atom. The highest BCUT2D eigenvalue weighted by Crippen LogP contribution is 2.36. The molecule has 11 heteroatoms. The fraction of sp³-hybridized carbons (Fsp3) is 0.450. The molecule has 0 spiro atoms. The standard InChI is InChI=1S/C20H25ClN4O5S/c1-12-13(10-25-4-6-30-7-5-25)19(27)24-20(22-12)31-11-18(26)23-15-8-14(21)16(28-2)9-17(15)29-3/h8-9H,4-7,10-11H2,1-3H3,(H,23,26)(H,22,24,27). The summed E-state index contributed by atoms with van der Waals surface area (Å²) in [7, 11) is 2.99. The lowest BCUT2D eigenvalue weighted by Gasteiger charge is -2.26. The van der Waals surface area contributed by atoms with Crippen LogP contribution >= 0.6 is 23.4 Å². The lowest BCUT2D eigenvalue weighted by Crippen LogP contribution is -2.37. The predicted molar refractivity (Wildman–Crippen MR) is 120 cm³/mol. The number of methoxy groups -OCH3 is 2. The number of carbonyl (C=O) groups excluding carboxylic acids is 1. The van der Waals surface area contributed by atoms with E-state index in [4.69, 9.17) is 25.8 Å². The minimum atomic E-state index is -0.290. The predicted octanol–water partition coefficient (Wildman–Crippen LogP) is 2.31. The van der Waals surface area contributed by atoms with Crippen LogP contribution in [-0.4, -0.2) is 67.1 Å². The number of aryl methyl sites for hydroxylation is 1. The van der Waals surface area contributed by atoms with Crippen molar-refractivity contribution in [3.05, 3.63) is 38.8 Å². The monoisotopic (exact) mass is 468 g/mol. The molecule has 2 N–H and O–H groups in total. The highest BCUT2D eigenvalue weighted by atomic mass is 35.5. The number of amides is 1. The summed E-state index contributed by atoms with van der Waals surface area (Å²) in [6.45, 7) is 5.23. The fourth-order valence-corrected chi connectivity index (χ4v) is 4.05. The van der Waals surface area contributed by atoms with Crippen molar-refractivity contribution in [2.24, 2.45) is 0 Å². The van der Waals surface area contributed by atoms with Crippen LogP contribution in [0.1, 0.15) is 11.3 Å². The molecule has 1 amide bonds. The quantitative estimate of drug-likeness (QED) is 0.449. The normalized spacial score (nSPS) is 14.3. The third-order valence-corrected chi connectivity index (χ3v) is 5.94. The topological polar surface area (TPSA) is 106 Å². The van der Waals surface area contributed by atoms with E-state index in [1.807, 2.05) is 0 Å². The van der Waals surface area contributed by atoms with Gasteiger partial charge in [-0.1, -0.05) is 23.4 Å². The molecule has 0 saturated carbocycles. The van der Waals surface area contributed by atoms with Crippen LogP contribution in [0, 0.1) is 6.92 Å². The van der Waals surface area contributed by atoms with Crippen molar-refractivity contribution in [2.75, 3.05) is 51.6 Å². The lowest BCUT2D eigenvalue weighted by atomic mass is 10.2. The van der Waals surface area contributed by atoms with E-state index in [1.54, 1.807) is 19.1 Å². The number of morpholine rings is 1. The van der Waals surface area contributed by atoms with Gasteiger partial charge in [-0.15, -0.1) is 0 Å². The number of H-pyrrole nitrogens is 1. The Labute approximate surface area is 189 Å². The Bertz CT molecular complexity index is 994. The fourth-order valence-electron chi connectivity index (χ4n) is 3.10. The maximum atomic E-state index is 12.5. The maximum absolute atomic E-state index is 12.5. The van der Waals surface area contributed by atoms with Gasteiger partial charge in [-0.05, 0) is 13.0 Å². The third kappa shape index (κ3) is 6.13. The number of aromatic amines is 1. The molecule has 31 heavy (non-hydrogen) atoms. The number of hydrogen-bond acceptors (Lipinski definition) is 8. The summed E-state index contributed by atoms with van der Waals surface area (Å²) in [4.78, 5) is 34.3. The molecule has 0 radical (unpaired) electrons. The van der Waals surface area contributed by atoms with Gasteiger partial charge in [0.1, 0.15) is 11.5 Å². The molecule has 2 heterocycles. The molecule has 1 aliphatic rings. The summed E-state index contributed by atoms with van der Waals surface area (Å²) in [5.74, 6) is 0.634. The number of carbonyl (C=O) groups is 1. The number of ether oxygens (including phenoxy) is 3. The SMILES string of the molecule is COc1cc(OC)c(NC(=O)CSc2nc(C)c(CN3CCOCC3)c(=O)[nH]2)cc1Cl. The third-order valence-electron chi connectivity index (χ3n) is 4.77. The first-order valence-corrected chi connectivity index (χ1v) is 11.0. The summed E-state index contributed by atoms with van der Waals surface area (Å²) in [5.41, 5.74) is 1.53. The van der Waals surface area contributed by atoms with E-state index in [-0.39, 0.29) is 17.2 Å². The number of aromatic nitrogens is 2. The summed E-state index contributed by atoms with van der Waals surface area (Å²) in [6.07, 6.45) is 0. The zero-order valence-electron chi connectivity index (χ0n) is 17.6. The largest absolute Gasteiger partial charge is 0.495 e. The molecule has 1 saturated heterocycles. The molecular weight excluding hydrogens is 444 g/mol. The smallest absolute Gasteiger partial charge is 0.256 e. The Kier molecular flexibility index (Phi) is 8.19. The van der Waals surface area contributed by atoms with Crippen molar-refractivity contribution >= 4 is 35.0 Å². The van der Waals surface area contributed by atoms with E-state index < -0.39 is 0 Å². The molecule has 3 rings (SSSR count). The minimum Gasteiger partial charge on any atom is -0.495 e. The first-order valence-electron chi connectivity index (χ1n) is 9.65. The van der Waals surface area contributed by atoms with Gasteiger partial charge in [-0.25, -0.2) is 4.98 Å². The molecule has 1 aromatic heterocycles. The second-order valence-electron chi connectivity index (χ2n) is 6.85. The van der Waals surface area contributed by atoms with Crippen LogP contribution in [0.15, 0.2) is 22.1 Å². The number of benzene rings is 1. The summed E-state index contributed by atoms with van der Waals surface area (Å²) in [5, 5.41) is 3.50. The molecule has 1 aromatic carbocycles. The molecule has 0 unspecified atom stereocenters. The molecule has 0 atom stereocenters. The number of nitrogens with zero attached hydrogens (tertiary/aromatic N) is 2. The van der Waals surface area contributed by atoms with Gasteiger partial charge in [0, 0.05) is 25.7 Å². The molecule has 168 valence electrons. The Hall–Kier alpha value is -2.27. The number of hydrogen-bond donors (Lipinski definition) is 2. The zero-order chi connectivity index (χ0) is 22.4. The molecule has 9 nitrogen and oxygen atoms in total. The van der Waals surface area contributed by atoms with Gasteiger partial charge in [0.25, 0.3) is 5.56 Å². The van der Waals surface area contributed by atoms with Crippen molar-refractivity contribution in [3.63, 3.8) is 0 Å². The van der Waals surface area contributed by atoms with Crippen LogP contribution in [-0.2, 0) is 16.1 Å². The van der Waals surface area contributed by atoms with Crippen LogP contribution in [0.4, 0.5) is 5.69 Å². The maximum Gasteiger partial charge on any atom is 0.256 e. The van der Waals surface area contributed by atoms with E-state index in [0.29, 0.717) is 58.4 Å². The van der Waals surface area contributed by atoms with E-state index in [2.05, 4.69) is 20.2 Å². The Balaban J connectivity index is 1.63. The van der Waals surface area contributed by atoms with Crippen molar-refractivity contribution in [1.29, 1.82) is 0 Å². The van der Waals surface area contributed by atoms with Crippen molar-refractivity contribution in [1.82, 2.24) is 14.9 Å². The van der Waals surface area contributed by atoms with E-state index in [0.717, 1.165) is 24.9 Å². The first kappa shape index (κ1) is 23.4. The van der Waals surface area contributed by atoms with Gasteiger partial charge >= 0.3 is 0 Å². The average molecular weight is 469 g/mol. The van der Waals surface area contributed by atoms with Crippen molar-refractivity contribution in [3.8, 4) is 11.5 Å².